The highest BCUT2D eigenvalue weighted by Gasteiger charge is 2.05. The first-order valence-corrected chi connectivity index (χ1v) is 7.97. The maximum Gasteiger partial charge on any atom is 0.271 e. The number of benzene rings is 2. The predicted molar refractivity (Wildman–Crippen MR) is 98.7 cm³/mol. The molecule has 0 aliphatic heterocycles. The fourth-order valence-electron chi connectivity index (χ4n) is 2.38. The summed E-state index contributed by atoms with van der Waals surface area (Å²) in [5, 5.41) is 7.78. The van der Waals surface area contributed by atoms with Crippen molar-refractivity contribution in [3.63, 3.8) is 0 Å². The van der Waals surface area contributed by atoms with Crippen molar-refractivity contribution in [2.45, 2.75) is 13.3 Å². The van der Waals surface area contributed by atoms with Crippen molar-refractivity contribution in [3.8, 4) is 0 Å². The number of amides is 2. The average Bonchev–Trinajstić information content (AvgIpc) is 3.05. The largest absolute Gasteiger partial charge is 0.361 e. The van der Waals surface area contributed by atoms with E-state index < -0.39 is 0 Å². The molecular weight excluding hydrogens is 316 g/mol. The quantitative estimate of drug-likeness (QED) is 0.494. The Morgan fingerprint density at radius 2 is 1.88 bits per heavy atom. The fraction of sp³-hybridized carbons (Fsp3) is 0.105. The zero-order valence-electron chi connectivity index (χ0n) is 13.7. The van der Waals surface area contributed by atoms with E-state index >= 15 is 0 Å². The smallest absolute Gasteiger partial charge is 0.271 e. The molecule has 3 N–H and O–H groups in total. The molecule has 6 nitrogen and oxygen atoms in total. The van der Waals surface area contributed by atoms with Crippen LogP contribution in [0, 0.1) is 0 Å². The van der Waals surface area contributed by atoms with E-state index in [1.54, 1.807) is 37.4 Å². The third kappa shape index (κ3) is 3.92. The topological polar surface area (TPSA) is 86.3 Å². The molecule has 1 heterocycles. The molecule has 3 rings (SSSR count). The van der Waals surface area contributed by atoms with Crippen LogP contribution in [-0.2, 0) is 4.79 Å². The number of aromatic nitrogens is 1. The predicted octanol–water partition coefficient (Wildman–Crippen LogP) is 3.28. The van der Waals surface area contributed by atoms with Gasteiger partial charge in [-0.3, -0.25) is 9.59 Å². The van der Waals surface area contributed by atoms with E-state index in [1.807, 2.05) is 30.5 Å². The summed E-state index contributed by atoms with van der Waals surface area (Å²) in [6.45, 7) is 1.78. The number of hydrogen-bond acceptors (Lipinski definition) is 3. The maximum absolute atomic E-state index is 12.1. The summed E-state index contributed by atoms with van der Waals surface area (Å²) in [6, 6.07) is 14.5. The summed E-state index contributed by atoms with van der Waals surface area (Å²) in [7, 11) is 0. The molecule has 0 spiro atoms. The van der Waals surface area contributed by atoms with E-state index in [1.165, 1.54) is 0 Å². The van der Waals surface area contributed by atoms with E-state index in [9.17, 15) is 9.59 Å². The molecule has 0 bridgehead atoms. The first-order chi connectivity index (χ1) is 12.2. The lowest BCUT2D eigenvalue weighted by Crippen LogP contribution is -2.17. The molecule has 0 aliphatic rings. The average molecular weight is 334 g/mol. The minimum Gasteiger partial charge on any atom is -0.361 e. The minimum atomic E-state index is -0.315. The van der Waals surface area contributed by atoms with Crippen LogP contribution in [-0.4, -0.2) is 23.0 Å². The standard InChI is InChI=1S/C19H18N4O2/c1-2-18(24)22-15-9-7-13(8-10-15)19(25)23-21-12-14-11-20-17-6-4-3-5-16(14)17/h3-12,20H,2H2,1H3,(H,22,24)(H,23,25)/b21-12-. The molecule has 0 atom stereocenters. The van der Waals surface area contributed by atoms with Gasteiger partial charge in [-0.15, -0.1) is 0 Å². The van der Waals surface area contributed by atoms with Crippen molar-refractivity contribution in [3.05, 3.63) is 65.9 Å². The second-order valence-electron chi connectivity index (χ2n) is 5.47. The zero-order valence-corrected chi connectivity index (χ0v) is 13.7. The molecule has 1 aromatic heterocycles. The summed E-state index contributed by atoms with van der Waals surface area (Å²) in [5.41, 5.74) is 5.53. The normalized spacial score (nSPS) is 10.9. The Bertz CT molecular complexity index is 926. The molecule has 6 heteroatoms. The van der Waals surface area contributed by atoms with Gasteiger partial charge in [0, 0.05) is 40.3 Å². The van der Waals surface area contributed by atoms with Gasteiger partial charge in [0.05, 0.1) is 6.21 Å². The number of H-pyrrole nitrogens is 1. The first kappa shape index (κ1) is 16.4. The van der Waals surface area contributed by atoms with E-state index in [2.05, 4.69) is 20.8 Å². The van der Waals surface area contributed by atoms with Gasteiger partial charge in [0.2, 0.25) is 5.91 Å². The Labute approximate surface area is 144 Å². The maximum atomic E-state index is 12.1. The lowest BCUT2D eigenvalue weighted by molar-refractivity contribution is -0.115. The Morgan fingerprint density at radius 1 is 1.12 bits per heavy atom. The number of hydrazone groups is 1. The van der Waals surface area contributed by atoms with Crippen LogP contribution in [0.3, 0.4) is 0 Å². The Kier molecular flexibility index (Phi) is 4.89. The van der Waals surface area contributed by atoms with Gasteiger partial charge in [-0.05, 0) is 30.3 Å². The van der Waals surface area contributed by atoms with Gasteiger partial charge in [-0.2, -0.15) is 5.10 Å². The lowest BCUT2D eigenvalue weighted by atomic mass is 10.2. The molecule has 0 unspecified atom stereocenters. The van der Waals surface area contributed by atoms with Crippen molar-refractivity contribution in [2.75, 3.05) is 5.32 Å². The van der Waals surface area contributed by atoms with E-state index in [4.69, 9.17) is 0 Å². The van der Waals surface area contributed by atoms with Crippen molar-refractivity contribution in [1.82, 2.24) is 10.4 Å². The molecule has 0 radical (unpaired) electrons. The van der Waals surface area contributed by atoms with E-state index in [0.717, 1.165) is 16.5 Å². The number of rotatable bonds is 5. The van der Waals surface area contributed by atoms with Gasteiger partial charge in [0.25, 0.3) is 5.91 Å². The monoisotopic (exact) mass is 334 g/mol. The summed E-state index contributed by atoms with van der Waals surface area (Å²) >= 11 is 0. The Balaban J connectivity index is 1.63. The number of fused-ring (bicyclic) bond motifs is 1. The Hall–Kier alpha value is -3.41. The molecule has 25 heavy (non-hydrogen) atoms. The molecule has 3 aromatic rings. The van der Waals surface area contributed by atoms with Crippen LogP contribution in [0.1, 0.15) is 29.3 Å². The number of carbonyl (C=O) groups excluding carboxylic acids is 2. The lowest BCUT2D eigenvalue weighted by Gasteiger charge is -2.04. The molecular formula is C19H18N4O2. The van der Waals surface area contributed by atoms with Gasteiger partial charge in [0.15, 0.2) is 0 Å². The van der Waals surface area contributed by atoms with E-state index in [-0.39, 0.29) is 11.8 Å². The van der Waals surface area contributed by atoms with Crippen molar-refractivity contribution in [2.24, 2.45) is 5.10 Å². The van der Waals surface area contributed by atoms with Gasteiger partial charge in [-0.1, -0.05) is 25.1 Å². The molecule has 0 aliphatic carbocycles. The number of anilines is 1. The molecule has 0 saturated heterocycles. The highest BCUT2D eigenvalue weighted by atomic mass is 16.2. The summed E-state index contributed by atoms with van der Waals surface area (Å²) in [5.74, 6) is -0.384. The molecule has 0 fully saturated rings. The van der Waals surface area contributed by atoms with Crippen LogP contribution in [0.2, 0.25) is 0 Å². The molecule has 2 amide bonds. The molecule has 126 valence electrons. The van der Waals surface area contributed by atoms with Gasteiger partial charge in [-0.25, -0.2) is 5.43 Å². The second kappa shape index (κ2) is 7.44. The number of aromatic amines is 1. The third-order valence-electron chi connectivity index (χ3n) is 3.74. The second-order valence-corrected chi connectivity index (χ2v) is 5.47. The summed E-state index contributed by atoms with van der Waals surface area (Å²) in [6.07, 6.45) is 3.85. The fourth-order valence-corrected chi connectivity index (χ4v) is 2.38. The number of nitrogens with zero attached hydrogens (tertiary/aromatic N) is 1. The Morgan fingerprint density at radius 3 is 2.64 bits per heavy atom. The van der Waals surface area contributed by atoms with Crippen LogP contribution < -0.4 is 10.7 Å². The highest BCUT2D eigenvalue weighted by molar-refractivity contribution is 6.00. The number of carbonyl (C=O) groups is 2. The van der Waals surface area contributed by atoms with Crippen molar-refractivity contribution >= 4 is 34.6 Å². The SMILES string of the molecule is CCC(=O)Nc1ccc(C(=O)N/N=C\c2c[nH]c3ccccc23)cc1. The zero-order chi connectivity index (χ0) is 17.6. The molecule has 0 saturated carbocycles. The summed E-state index contributed by atoms with van der Waals surface area (Å²) in [4.78, 5) is 26.6. The van der Waals surface area contributed by atoms with E-state index in [0.29, 0.717) is 17.7 Å². The van der Waals surface area contributed by atoms with Gasteiger partial charge >= 0.3 is 0 Å². The number of para-hydroxylation sites is 1. The van der Waals surface area contributed by atoms with Crippen molar-refractivity contribution in [1.29, 1.82) is 0 Å². The third-order valence-corrected chi connectivity index (χ3v) is 3.74. The van der Waals surface area contributed by atoms with Crippen LogP contribution in [0.25, 0.3) is 10.9 Å². The number of nitrogens with one attached hydrogen (secondary N) is 3. The number of hydrogen-bond donors (Lipinski definition) is 3. The van der Waals surface area contributed by atoms with Crippen LogP contribution in [0.4, 0.5) is 5.69 Å². The van der Waals surface area contributed by atoms with Crippen molar-refractivity contribution < 1.29 is 9.59 Å². The van der Waals surface area contributed by atoms with Gasteiger partial charge in [0.1, 0.15) is 0 Å². The summed E-state index contributed by atoms with van der Waals surface area (Å²) < 4.78 is 0. The van der Waals surface area contributed by atoms with Crippen LogP contribution in [0.15, 0.2) is 59.8 Å². The minimum absolute atomic E-state index is 0.0690. The molecule has 2 aromatic carbocycles. The van der Waals surface area contributed by atoms with Crippen LogP contribution in [0.5, 0.6) is 0 Å². The highest BCUT2D eigenvalue weighted by Crippen LogP contribution is 2.15. The van der Waals surface area contributed by atoms with Gasteiger partial charge < -0.3 is 10.3 Å². The van der Waals surface area contributed by atoms with Crippen LogP contribution >= 0.6 is 0 Å². The first-order valence-electron chi connectivity index (χ1n) is 7.97.